The summed E-state index contributed by atoms with van der Waals surface area (Å²) in [4.78, 5) is 14.3. The van der Waals surface area contributed by atoms with Gasteiger partial charge in [0.15, 0.2) is 0 Å². The van der Waals surface area contributed by atoms with Gasteiger partial charge in [0.1, 0.15) is 11.5 Å². The average molecular weight is 370 g/mol. The second-order valence-corrected chi connectivity index (χ2v) is 6.94. The number of ether oxygens (including phenoxy) is 2. The zero-order chi connectivity index (χ0) is 19.8. The van der Waals surface area contributed by atoms with Gasteiger partial charge in [-0.2, -0.15) is 0 Å². The minimum Gasteiger partial charge on any atom is -0.497 e. The number of hydrogen-bond acceptors (Lipinski definition) is 4. The first-order valence-corrected chi connectivity index (χ1v) is 9.22. The Labute approximate surface area is 162 Å². The van der Waals surface area contributed by atoms with Crippen LogP contribution >= 0.6 is 0 Å². The van der Waals surface area contributed by atoms with E-state index in [9.17, 15) is 4.79 Å². The van der Waals surface area contributed by atoms with Crippen LogP contribution in [0.2, 0.25) is 0 Å². The first kappa shape index (κ1) is 20.8. The minimum absolute atomic E-state index is 0.00336. The number of aryl methyl sites for hydroxylation is 3. The smallest absolute Gasteiger partial charge is 0.238 e. The molecule has 0 unspecified atom stereocenters. The highest BCUT2D eigenvalue weighted by molar-refractivity contribution is 5.93. The van der Waals surface area contributed by atoms with Crippen LogP contribution in [0, 0.1) is 20.8 Å². The second kappa shape index (κ2) is 9.97. The fourth-order valence-corrected chi connectivity index (χ4v) is 3.08. The second-order valence-electron chi connectivity index (χ2n) is 6.94. The molecule has 2 rings (SSSR count). The van der Waals surface area contributed by atoms with Crippen molar-refractivity contribution in [3.63, 3.8) is 0 Å². The summed E-state index contributed by atoms with van der Waals surface area (Å²) in [6, 6.07) is 11.7. The molecule has 0 aliphatic heterocycles. The Balaban J connectivity index is 1.72. The summed E-state index contributed by atoms with van der Waals surface area (Å²) in [5, 5.41) is 3.04. The highest BCUT2D eigenvalue weighted by Gasteiger charge is 2.10. The number of methoxy groups -OCH3 is 1. The van der Waals surface area contributed by atoms with Gasteiger partial charge in [-0.3, -0.25) is 9.69 Å². The summed E-state index contributed by atoms with van der Waals surface area (Å²) in [6.07, 6.45) is 0.846. The van der Waals surface area contributed by atoms with Crippen molar-refractivity contribution in [3.8, 4) is 11.5 Å². The third-order valence-corrected chi connectivity index (χ3v) is 4.37. The molecule has 0 aliphatic carbocycles. The molecular weight excluding hydrogens is 340 g/mol. The van der Waals surface area contributed by atoms with Crippen LogP contribution < -0.4 is 14.8 Å². The van der Waals surface area contributed by atoms with E-state index in [4.69, 9.17) is 9.47 Å². The molecule has 0 heterocycles. The molecule has 1 N–H and O–H groups in total. The lowest BCUT2D eigenvalue weighted by atomic mass is 10.1. The Morgan fingerprint density at radius 1 is 1.04 bits per heavy atom. The van der Waals surface area contributed by atoms with Crippen LogP contribution in [0.15, 0.2) is 36.4 Å². The number of benzene rings is 2. The molecule has 0 atom stereocenters. The summed E-state index contributed by atoms with van der Waals surface area (Å²) in [5.74, 6) is 1.64. The van der Waals surface area contributed by atoms with Crippen molar-refractivity contribution in [2.75, 3.05) is 39.2 Å². The van der Waals surface area contributed by atoms with E-state index >= 15 is 0 Å². The average Bonchev–Trinajstić information content (AvgIpc) is 2.62. The van der Waals surface area contributed by atoms with Crippen LogP contribution in [0.3, 0.4) is 0 Å². The molecule has 0 saturated heterocycles. The van der Waals surface area contributed by atoms with Crippen molar-refractivity contribution in [2.45, 2.75) is 27.2 Å². The lowest BCUT2D eigenvalue weighted by Crippen LogP contribution is -2.31. The molecule has 0 bridgehead atoms. The summed E-state index contributed by atoms with van der Waals surface area (Å²) in [7, 11) is 3.59. The van der Waals surface area contributed by atoms with Crippen molar-refractivity contribution >= 4 is 11.6 Å². The van der Waals surface area contributed by atoms with E-state index in [0.29, 0.717) is 13.2 Å². The molecule has 5 heteroatoms. The van der Waals surface area contributed by atoms with Crippen molar-refractivity contribution in [1.29, 1.82) is 0 Å². The molecule has 27 heavy (non-hydrogen) atoms. The number of hydrogen-bond donors (Lipinski definition) is 1. The number of nitrogens with zero attached hydrogens (tertiary/aromatic N) is 1. The Hall–Kier alpha value is -2.53. The van der Waals surface area contributed by atoms with Gasteiger partial charge in [0.25, 0.3) is 0 Å². The first-order valence-electron chi connectivity index (χ1n) is 9.22. The highest BCUT2D eigenvalue weighted by Crippen LogP contribution is 2.21. The molecular formula is C22H30N2O3. The van der Waals surface area contributed by atoms with E-state index in [1.165, 1.54) is 5.56 Å². The summed E-state index contributed by atoms with van der Waals surface area (Å²) in [5.41, 5.74) is 4.31. The molecule has 0 aromatic heterocycles. The Kier molecular flexibility index (Phi) is 7.67. The van der Waals surface area contributed by atoms with Crippen LogP contribution in [0.4, 0.5) is 5.69 Å². The standard InChI is InChI=1S/C22H30N2O3/c1-16-13-17(2)22(18(3)14-16)23-21(25)15-24(4)11-6-12-27-20-9-7-19(26-5)8-10-20/h7-10,13-14H,6,11-12,15H2,1-5H3,(H,23,25). The lowest BCUT2D eigenvalue weighted by molar-refractivity contribution is -0.117. The van der Waals surface area contributed by atoms with Gasteiger partial charge in [0.05, 0.1) is 20.3 Å². The normalized spacial score (nSPS) is 10.7. The largest absolute Gasteiger partial charge is 0.497 e. The number of nitrogens with one attached hydrogen (secondary N) is 1. The Bertz CT molecular complexity index is 734. The SMILES string of the molecule is COc1ccc(OCCCN(C)CC(=O)Nc2c(C)cc(C)cc2C)cc1. The van der Waals surface area contributed by atoms with Crippen molar-refractivity contribution in [3.05, 3.63) is 53.1 Å². The highest BCUT2D eigenvalue weighted by atomic mass is 16.5. The summed E-state index contributed by atoms with van der Waals surface area (Å²) < 4.78 is 10.8. The van der Waals surface area contributed by atoms with Crippen LogP contribution in [0.25, 0.3) is 0 Å². The maximum atomic E-state index is 12.3. The number of rotatable bonds is 9. The zero-order valence-electron chi connectivity index (χ0n) is 17.0. The Morgan fingerprint density at radius 2 is 1.63 bits per heavy atom. The van der Waals surface area contributed by atoms with Gasteiger partial charge in [-0.15, -0.1) is 0 Å². The van der Waals surface area contributed by atoms with Gasteiger partial charge in [-0.1, -0.05) is 17.7 Å². The monoisotopic (exact) mass is 370 g/mol. The number of anilines is 1. The fourth-order valence-electron chi connectivity index (χ4n) is 3.08. The first-order chi connectivity index (χ1) is 12.9. The van der Waals surface area contributed by atoms with Crippen molar-refractivity contribution < 1.29 is 14.3 Å². The van der Waals surface area contributed by atoms with Gasteiger partial charge >= 0.3 is 0 Å². The molecule has 2 aromatic rings. The van der Waals surface area contributed by atoms with Crippen molar-refractivity contribution in [1.82, 2.24) is 4.90 Å². The number of likely N-dealkylation sites (N-methyl/N-ethyl adjacent to an activating group) is 1. The lowest BCUT2D eigenvalue weighted by Gasteiger charge is -2.18. The number of amides is 1. The van der Waals surface area contributed by atoms with Gasteiger partial charge in [-0.25, -0.2) is 0 Å². The molecule has 146 valence electrons. The molecule has 1 amide bonds. The van der Waals surface area contributed by atoms with Gasteiger partial charge < -0.3 is 14.8 Å². The zero-order valence-corrected chi connectivity index (χ0v) is 17.0. The van der Waals surface area contributed by atoms with E-state index in [1.807, 2.05) is 50.1 Å². The third-order valence-electron chi connectivity index (χ3n) is 4.37. The van der Waals surface area contributed by atoms with Gasteiger partial charge in [0.2, 0.25) is 5.91 Å². The maximum Gasteiger partial charge on any atom is 0.238 e. The van der Waals surface area contributed by atoms with E-state index in [0.717, 1.165) is 41.3 Å². The van der Waals surface area contributed by atoms with Gasteiger partial charge in [0, 0.05) is 12.2 Å². The maximum absolute atomic E-state index is 12.3. The predicted octanol–water partition coefficient (Wildman–Crippen LogP) is 3.96. The minimum atomic E-state index is 0.00336. The molecule has 0 spiro atoms. The summed E-state index contributed by atoms with van der Waals surface area (Å²) >= 11 is 0. The third kappa shape index (κ3) is 6.61. The van der Waals surface area contributed by atoms with E-state index in [2.05, 4.69) is 24.4 Å². The Morgan fingerprint density at radius 3 is 2.22 bits per heavy atom. The van der Waals surface area contributed by atoms with Crippen molar-refractivity contribution in [2.24, 2.45) is 0 Å². The molecule has 5 nitrogen and oxygen atoms in total. The van der Waals surface area contributed by atoms with Gasteiger partial charge in [-0.05, 0) is 69.6 Å². The number of carbonyl (C=O) groups is 1. The predicted molar refractivity (Wildman–Crippen MR) is 110 cm³/mol. The topological polar surface area (TPSA) is 50.8 Å². The summed E-state index contributed by atoms with van der Waals surface area (Å²) in [6.45, 7) is 7.86. The molecule has 2 aromatic carbocycles. The molecule has 0 aliphatic rings. The van der Waals surface area contributed by atoms with E-state index in [-0.39, 0.29) is 5.91 Å². The van der Waals surface area contributed by atoms with E-state index < -0.39 is 0 Å². The molecule has 0 saturated carbocycles. The van der Waals surface area contributed by atoms with Crippen LogP contribution in [-0.2, 0) is 4.79 Å². The molecule has 0 radical (unpaired) electrons. The van der Waals surface area contributed by atoms with Crippen LogP contribution in [-0.4, -0.2) is 44.7 Å². The number of carbonyl (C=O) groups excluding carboxylic acids is 1. The fraction of sp³-hybridized carbons (Fsp3) is 0.409. The van der Waals surface area contributed by atoms with Crippen LogP contribution in [0.5, 0.6) is 11.5 Å². The quantitative estimate of drug-likeness (QED) is 0.679. The van der Waals surface area contributed by atoms with E-state index in [1.54, 1.807) is 7.11 Å². The molecule has 0 fully saturated rings. The van der Waals surface area contributed by atoms with Crippen LogP contribution in [0.1, 0.15) is 23.1 Å².